The fourth-order valence-corrected chi connectivity index (χ4v) is 3.01. The number of H-pyrrole nitrogens is 1. The van der Waals surface area contributed by atoms with Crippen LogP contribution >= 0.6 is 0 Å². The summed E-state index contributed by atoms with van der Waals surface area (Å²) in [5, 5.41) is 0. The van der Waals surface area contributed by atoms with Crippen LogP contribution in [0.2, 0.25) is 0 Å². The summed E-state index contributed by atoms with van der Waals surface area (Å²) in [6, 6.07) is 10.8. The molecule has 4 rings (SSSR count). The summed E-state index contributed by atoms with van der Waals surface area (Å²) in [6.45, 7) is 0.980. The minimum absolute atomic E-state index is 0.144. The number of nitrogens with zero attached hydrogens (tertiary/aromatic N) is 1. The van der Waals surface area contributed by atoms with Crippen molar-refractivity contribution in [2.24, 2.45) is 0 Å². The standard InChI is InChI=1S/C18H15FN2O4/c19-12-2-1-3-13(9-12)24-14-6-7-21(10-14)17(22)11-4-5-16-15(8-11)20-18(23)25-16/h1-5,8-9,14H,6-7,10H2,(H,20,23). The van der Waals surface area contributed by atoms with Crippen molar-refractivity contribution in [3.8, 4) is 5.75 Å². The number of benzene rings is 2. The van der Waals surface area contributed by atoms with E-state index >= 15 is 0 Å². The van der Waals surface area contributed by atoms with Crippen molar-refractivity contribution in [3.05, 3.63) is 64.4 Å². The molecule has 1 aliphatic heterocycles. The third-order valence-corrected chi connectivity index (χ3v) is 4.20. The second-order valence-electron chi connectivity index (χ2n) is 5.96. The fraction of sp³-hybridized carbons (Fsp3) is 0.222. The van der Waals surface area contributed by atoms with Gasteiger partial charge < -0.3 is 14.1 Å². The zero-order valence-electron chi connectivity index (χ0n) is 13.2. The van der Waals surface area contributed by atoms with E-state index in [1.807, 2.05) is 0 Å². The molecule has 2 heterocycles. The van der Waals surface area contributed by atoms with Crippen LogP contribution < -0.4 is 10.5 Å². The molecule has 1 aliphatic rings. The maximum atomic E-state index is 13.2. The van der Waals surface area contributed by atoms with Gasteiger partial charge >= 0.3 is 5.76 Å². The van der Waals surface area contributed by atoms with E-state index in [-0.39, 0.29) is 17.8 Å². The van der Waals surface area contributed by atoms with Gasteiger partial charge in [-0.05, 0) is 30.3 Å². The van der Waals surface area contributed by atoms with Gasteiger partial charge in [0.1, 0.15) is 17.7 Å². The van der Waals surface area contributed by atoms with E-state index < -0.39 is 5.76 Å². The number of aromatic amines is 1. The van der Waals surface area contributed by atoms with Crippen LogP contribution in [0.1, 0.15) is 16.8 Å². The van der Waals surface area contributed by atoms with Crippen molar-refractivity contribution >= 4 is 17.0 Å². The minimum Gasteiger partial charge on any atom is -0.488 e. The second-order valence-corrected chi connectivity index (χ2v) is 5.96. The molecule has 1 fully saturated rings. The van der Waals surface area contributed by atoms with Crippen LogP contribution in [-0.2, 0) is 0 Å². The highest BCUT2D eigenvalue weighted by Gasteiger charge is 2.28. The molecule has 1 amide bonds. The molecule has 25 heavy (non-hydrogen) atoms. The van der Waals surface area contributed by atoms with Crippen molar-refractivity contribution in [1.29, 1.82) is 0 Å². The Morgan fingerprint density at radius 3 is 3.00 bits per heavy atom. The Bertz CT molecular complexity index is 994. The molecule has 1 unspecified atom stereocenters. The van der Waals surface area contributed by atoms with Crippen LogP contribution in [0.5, 0.6) is 5.75 Å². The topological polar surface area (TPSA) is 75.5 Å². The van der Waals surface area contributed by atoms with E-state index in [0.717, 1.165) is 0 Å². The summed E-state index contributed by atoms with van der Waals surface area (Å²) < 4.78 is 23.9. The summed E-state index contributed by atoms with van der Waals surface area (Å²) in [5.74, 6) is -0.596. The highest BCUT2D eigenvalue weighted by Crippen LogP contribution is 2.21. The number of amides is 1. The summed E-state index contributed by atoms with van der Waals surface area (Å²) in [7, 11) is 0. The zero-order chi connectivity index (χ0) is 17.4. The molecule has 3 aromatic rings. The molecule has 128 valence electrons. The van der Waals surface area contributed by atoms with Gasteiger partial charge in [0, 0.05) is 24.6 Å². The predicted octanol–water partition coefficient (Wildman–Crippen LogP) is 2.55. The summed E-state index contributed by atoms with van der Waals surface area (Å²) >= 11 is 0. The van der Waals surface area contributed by atoms with E-state index in [1.54, 1.807) is 35.2 Å². The summed E-state index contributed by atoms with van der Waals surface area (Å²) in [6.07, 6.45) is 0.496. The zero-order valence-corrected chi connectivity index (χ0v) is 13.2. The normalized spacial score (nSPS) is 17.2. The number of ether oxygens (including phenoxy) is 1. The van der Waals surface area contributed by atoms with E-state index in [2.05, 4.69) is 4.98 Å². The molecule has 2 aromatic carbocycles. The van der Waals surface area contributed by atoms with Crippen LogP contribution in [0.4, 0.5) is 4.39 Å². The predicted molar refractivity (Wildman–Crippen MR) is 88.2 cm³/mol. The molecule has 0 saturated carbocycles. The van der Waals surface area contributed by atoms with Crippen molar-refractivity contribution in [1.82, 2.24) is 9.88 Å². The molecular formula is C18H15FN2O4. The maximum absolute atomic E-state index is 13.2. The lowest BCUT2D eigenvalue weighted by molar-refractivity contribution is 0.0772. The highest BCUT2D eigenvalue weighted by molar-refractivity contribution is 5.97. The minimum atomic E-state index is -0.552. The third kappa shape index (κ3) is 3.13. The van der Waals surface area contributed by atoms with Crippen LogP contribution in [0, 0.1) is 5.82 Å². The van der Waals surface area contributed by atoms with Crippen LogP contribution in [0.25, 0.3) is 11.1 Å². The van der Waals surface area contributed by atoms with E-state index in [1.165, 1.54) is 12.1 Å². The largest absolute Gasteiger partial charge is 0.488 e. The number of oxazole rings is 1. The second kappa shape index (κ2) is 6.08. The quantitative estimate of drug-likeness (QED) is 0.794. The number of hydrogen-bond donors (Lipinski definition) is 1. The molecule has 0 bridgehead atoms. The average Bonchev–Trinajstić information content (AvgIpc) is 3.19. The molecule has 6 nitrogen and oxygen atoms in total. The van der Waals surface area contributed by atoms with Crippen molar-refractivity contribution in [2.45, 2.75) is 12.5 Å². The first kappa shape index (κ1) is 15.4. The van der Waals surface area contributed by atoms with Crippen LogP contribution in [-0.4, -0.2) is 35.0 Å². The van der Waals surface area contributed by atoms with Gasteiger partial charge in [-0.2, -0.15) is 0 Å². The Hall–Kier alpha value is -3.09. The van der Waals surface area contributed by atoms with Gasteiger partial charge in [0.25, 0.3) is 5.91 Å². The maximum Gasteiger partial charge on any atom is 0.417 e. The number of hydrogen-bond acceptors (Lipinski definition) is 4. The van der Waals surface area contributed by atoms with Crippen molar-refractivity contribution in [3.63, 3.8) is 0 Å². The molecule has 0 radical (unpaired) electrons. The lowest BCUT2D eigenvalue weighted by Gasteiger charge is -2.17. The van der Waals surface area contributed by atoms with Crippen LogP contribution in [0.15, 0.2) is 51.7 Å². The average molecular weight is 342 g/mol. The van der Waals surface area contributed by atoms with Gasteiger partial charge in [0.2, 0.25) is 0 Å². The van der Waals surface area contributed by atoms with Gasteiger partial charge in [-0.1, -0.05) is 6.07 Å². The molecule has 7 heteroatoms. The Labute approximate surface area is 141 Å². The number of nitrogens with one attached hydrogen (secondary N) is 1. The van der Waals surface area contributed by atoms with Gasteiger partial charge in [-0.15, -0.1) is 0 Å². The molecule has 1 atom stereocenters. The Balaban J connectivity index is 1.46. The highest BCUT2D eigenvalue weighted by atomic mass is 19.1. The smallest absolute Gasteiger partial charge is 0.417 e. The van der Waals surface area contributed by atoms with Gasteiger partial charge in [-0.25, -0.2) is 9.18 Å². The first-order valence-corrected chi connectivity index (χ1v) is 7.93. The third-order valence-electron chi connectivity index (χ3n) is 4.20. The van der Waals surface area contributed by atoms with E-state index in [0.29, 0.717) is 41.9 Å². The van der Waals surface area contributed by atoms with Gasteiger partial charge in [0.05, 0.1) is 12.1 Å². The van der Waals surface area contributed by atoms with E-state index in [4.69, 9.17) is 9.15 Å². The number of fused-ring (bicyclic) bond motifs is 1. The molecule has 1 N–H and O–H groups in total. The molecule has 1 saturated heterocycles. The van der Waals surface area contributed by atoms with Crippen molar-refractivity contribution in [2.75, 3.05) is 13.1 Å². The number of carbonyl (C=O) groups is 1. The summed E-state index contributed by atoms with van der Waals surface area (Å²) in [5.41, 5.74) is 1.37. The molecule has 1 aromatic heterocycles. The number of aromatic nitrogens is 1. The molecule has 0 aliphatic carbocycles. The van der Waals surface area contributed by atoms with E-state index in [9.17, 15) is 14.0 Å². The summed E-state index contributed by atoms with van der Waals surface area (Å²) in [4.78, 5) is 28.1. The Morgan fingerprint density at radius 1 is 1.28 bits per heavy atom. The number of likely N-dealkylation sites (tertiary alicyclic amines) is 1. The number of rotatable bonds is 3. The van der Waals surface area contributed by atoms with Crippen LogP contribution in [0.3, 0.4) is 0 Å². The van der Waals surface area contributed by atoms with Gasteiger partial charge in [0.15, 0.2) is 5.58 Å². The number of halogens is 1. The number of carbonyl (C=O) groups excluding carboxylic acids is 1. The van der Waals surface area contributed by atoms with Crippen molar-refractivity contribution < 1.29 is 18.3 Å². The SMILES string of the molecule is O=C(c1ccc2oc(=O)[nH]c2c1)N1CCC(Oc2cccc(F)c2)C1. The lowest BCUT2D eigenvalue weighted by Crippen LogP contribution is -2.30. The molecule has 0 spiro atoms. The monoisotopic (exact) mass is 342 g/mol. The Morgan fingerprint density at radius 2 is 2.16 bits per heavy atom. The first-order valence-electron chi connectivity index (χ1n) is 7.93. The fourth-order valence-electron chi connectivity index (χ4n) is 3.01. The first-order chi connectivity index (χ1) is 12.1. The Kier molecular flexibility index (Phi) is 3.76. The molecular weight excluding hydrogens is 327 g/mol. The van der Waals surface area contributed by atoms with Gasteiger partial charge in [-0.3, -0.25) is 9.78 Å². The lowest BCUT2D eigenvalue weighted by atomic mass is 10.2.